The SMILES string of the molecule is O=S(=O)(c1cccc(N2CCCCC2)n1)N1CCN2C[C@@H](Oc3cnc(C4CC4)cn3)C[C@H]2C1. The predicted molar refractivity (Wildman–Crippen MR) is 127 cm³/mol. The fourth-order valence-electron chi connectivity index (χ4n) is 5.40. The van der Waals surface area contributed by atoms with E-state index < -0.39 is 10.0 Å². The molecule has 0 radical (unpaired) electrons. The van der Waals surface area contributed by atoms with Crippen molar-refractivity contribution in [3.63, 3.8) is 0 Å². The van der Waals surface area contributed by atoms with Crippen LogP contribution >= 0.6 is 0 Å². The van der Waals surface area contributed by atoms with Gasteiger partial charge in [-0.1, -0.05) is 6.07 Å². The average molecular weight is 485 g/mol. The van der Waals surface area contributed by atoms with Gasteiger partial charge in [0.1, 0.15) is 11.9 Å². The van der Waals surface area contributed by atoms with Crippen LogP contribution in [0.3, 0.4) is 0 Å². The molecule has 1 saturated carbocycles. The highest BCUT2D eigenvalue weighted by molar-refractivity contribution is 7.89. The fraction of sp³-hybridized carbons (Fsp3) is 0.625. The molecule has 1 aliphatic carbocycles. The van der Waals surface area contributed by atoms with E-state index in [4.69, 9.17) is 4.74 Å². The Morgan fingerprint density at radius 2 is 1.79 bits per heavy atom. The van der Waals surface area contributed by atoms with Crippen molar-refractivity contribution in [2.24, 2.45) is 0 Å². The predicted octanol–water partition coefficient (Wildman–Crippen LogP) is 2.27. The van der Waals surface area contributed by atoms with Crippen molar-refractivity contribution in [2.75, 3.05) is 44.2 Å². The van der Waals surface area contributed by atoms with Gasteiger partial charge in [0, 0.05) is 57.6 Å². The second kappa shape index (κ2) is 9.05. The van der Waals surface area contributed by atoms with Crippen molar-refractivity contribution in [3.8, 4) is 5.88 Å². The zero-order chi connectivity index (χ0) is 23.1. The molecular weight excluding hydrogens is 452 g/mol. The highest BCUT2D eigenvalue weighted by Crippen LogP contribution is 2.38. The summed E-state index contributed by atoms with van der Waals surface area (Å²) in [6.45, 7) is 4.29. The van der Waals surface area contributed by atoms with E-state index in [9.17, 15) is 8.42 Å². The maximum atomic E-state index is 13.5. The van der Waals surface area contributed by atoms with Crippen LogP contribution < -0.4 is 9.64 Å². The van der Waals surface area contributed by atoms with Gasteiger partial charge < -0.3 is 9.64 Å². The second-order valence-electron chi connectivity index (χ2n) is 9.92. The molecular formula is C24H32N6O3S. The van der Waals surface area contributed by atoms with Crippen molar-refractivity contribution in [3.05, 3.63) is 36.3 Å². The normalized spacial score (nSPS) is 26.4. The summed E-state index contributed by atoms with van der Waals surface area (Å²) in [4.78, 5) is 18.0. The zero-order valence-electron chi connectivity index (χ0n) is 19.4. The van der Waals surface area contributed by atoms with Gasteiger partial charge in [-0.2, -0.15) is 4.31 Å². The minimum atomic E-state index is -3.64. The van der Waals surface area contributed by atoms with E-state index in [0.29, 0.717) is 31.4 Å². The van der Waals surface area contributed by atoms with Crippen molar-refractivity contribution in [1.82, 2.24) is 24.2 Å². The van der Waals surface area contributed by atoms with Crippen molar-refractivity contribution in [2.45, 2.75) is 61.6 Å². The maximum absolute atomic E-state index is 13.5. The van der Waals surface area contributed by atoms with Crippen LogP contribution in [-0.2, 0) is 10.0 Å². The van der Waals surface area contributed by atoms with Gasteiger partial charge in [0.25, 0.3) is 10.0 Å². The average Bonchev–Trinajstić information content (AvgIpc) is 3.64. The van der Waals surface area contributed by atoms with E-state index in [1.165, 1.54) is 19.3 Å². The number of fused-ring (bicyclic) bond motifs is 1. The first kappa shape index (κ1) is 22.2. The number of ether oxygens (including phenoxy) is 1. The highest BCUT2D eigenvalue weighted by Gasteiger charge is 2.41. The summed E-state index contributed by atoms with van der Waals surface area (Å²) < 4.78 is 34.6. The molecule has 0 unspecified atom stereocenters. The topological polar surface area (TPSA) is 91.8 Å². The van der Waals surface area contributed by atoms with Crippen LogP contribution in [0.5, 0.6) is 5.88 Å². The molecule has 0 aromatic carbocycles. The first-order valence-electron chi connectivity index (χ1n) is 12.5. The molecule has 10 heteroatoms. The number of aromatic nitrogens is 3. The zero-order valence-corrected chi connectivity index (χ0v) is 20.2. The third-order valence-electron chi connectivity index (χ3n) is 7.46. The van der Waals surface area contributed by atoms with Gasteiger partial charge in [0.15, 0.2) is 5.03 Å². The van der Waals surface area contributed by atoms with E-state index in [1.54, 1.807) is 16.6 Å². The van der Waals surface area contributed by atoms with Gasteiger partial charge in [-0.25, -0.2) is 18.4 Å². The van der Waals surface area contributed by atoms with Gasteiger partial charge in [0.2, 0.25) is 5.88 Å². The Labute approximate surface area is 201 Å². The van der Waals surface area contributed by atoms with E-state index in [0.717, 1.165) is 50.4 Å². The van der Waals surface area contributed by atoms with E-state index in [1.807, 2.05) is 18.3 Å². The molecule has 2 aromatic rings. The number of anilines is 1. The molecule has 3 aliphatic heterocycles. The molecule has 182 valence electrons. The Morgan fingerprint density at radius 1 is 0.941 bits per heavy atom. The number of nitrogens with zero attached hydrogens (tertiary/aromatic N) is 6. The third-order valence-corrected chi connectivity index (χ3v) is 9.23. The van der Waals surface area contributed by atoms with Crippen LogP contribution in [0.25, 0.3) is 0 Å². The molecule has 9 nitrogen and oxygen atoms in total. The first-order valence-corrected chi connectivity index (χ1v) is 13.9. The smallest absolute Gasteiger partial charge is 0.260 e. The summed E-state index contributed by atoms with van der Waals surface area (Å²) in [7, 11) is -3.64. The Hall–Kier alpha value is -2.30. The molecule has 3 saturated heterocycles. The van der Waals surface area contributed by atoms with Crippen LogP contribution in [0, 0.1) is 0 Å². The van der Waals surface area contributed by atoms with Gasteiger partial charge in [-0.3, -0.25) is 9.88 Å². The van der Waals surface area contributed by atoms with Crippen LogP contribution in [0.2, 0.25) is 0 Å². The van der Waals surface area contributed by atoms with Gasteiger partial charge in [-0.15, -0.1) is 0 Å². The minimum Gasteiger partial charge on any atom is -0.472 e. The second-order valence-corrected chi connectivity index (χ2v) is 11.8. The Kier molecular flexibility index (Phi) is 5.90. The summed E-state index contributed by atoms with van der Waals surface area (Å²) in [5, 5.41) is 0.154. The van der Waals surface area contributed by atoms with Crippen molar-refractivity contribution < 1.29 is 13.2 Å². The van der Waals surface area contributed by atoms with Crippen LogP contribution in [0.1, 0.15) is 50.1 Å². The Morgan fingerprint density at radius 3 is 2.56 bits per heavy atom. The molecule has 0 N–H and O–H groups in total. The van der Waals surface area contributed by atoms with E-state index in [-0.39, 0.29) is 17.2 Å². The summed E-state index contributed by atoms with van der Waals surface area (Å²) in [6.07, 6.45) is 10.2. The lowest BCUT2D eigenvalue weighted by atomic mass is 10.1. The standard InChI is InChI=1S/C24H32N6O3S/c31-34(32,24-6-4-5-22(27-24)28-9-2-1-3-10-28)30-12-11-29-17-20(13-19(29)16-30)33-23-15-25-21(14-26-23)18-7-8-18/h4-6,14-15,18-20H,1-3,7-13,16-17H2/t19-,20-/m0/s1. The molecule has 0 spiro atoms. The summed E-state index contributed by atoms with van der Waals surface area (Å²) in [6, 6.07) is 5.49. The van der Waals surface area contributed by atoms with Gasteiger partial charge >= 0.3 is 0 Å². The third kappa shape index (κ3) is 4.50. The van der Waals surface area contributed by atoms with Crippen LogP contribution in [-0.4, -0.2) is 84.0 Å². The summed E-state index contributed by atoms with van der Waals surface area (Å²) >= 11 is 0. The number of rotatable bonds is 6. The van der Waals surface area contributed by atoms with E-state index >= 15 is 0 Å². The number of hydrogen-bond donors (Lipinski definition) is 0. The van der Waals surface area contributed by atoms with Crippen molar-refractivity contribution in [1.29, 1.82) is 0 Å². The molecule has 6 rings (SSSR count). The lowest BCUT2D eigenvalue weighted by molar-refractivity contribution is 0.151. The first-order chi connectivity index (χ1) is 16.6. The quantitative estimate of drug-likeness (QED) is 0.617. The number of piperidine rings is 1. The molecule has 0 amide bonds. The number of hydrogen-bond acceptors (Lipinski definition) is 8. The molecule has 4 aliphatic rings. The fourth-order valence-corrected chi connectivity index (χ4v) is 6.81. The van der Waals surface area contributed by atoms with Crippen molar-refractivity contribution >= 4 is 15.8 Å². The Bertz CT molecular complexity index is 1120. The largest absolute Gasteiger partial charge is 0.472 e. The van der Waals surface area contributed by atoms with Gasteiger partial charge in [-0.05, 0) is 44.2 Å². The lowest BCUT2D eigenvalue weighted by Gasteiger charge is -2.36. The molecule has 4 fully saturated rings. The van der Waals surface area contributed by atoms with Crippen LogP contribution in [0.4, 0.5) is 5.82 Å². The van der Waals surface area contributed by atoms with Gasteiger partial charge in [0.05, 0.1) is 18.1 Å². The maximum Gasteiger partial charge on any atom is 0.260 e. The highest BCUT2D eigenvalue weighted by atomic mass is 32.2. The van der Waals surface area contributed by atoms with Crippen LogP contribution in [0.15, 0.2) is 35.6 Å². The lowest BCUT2D eigenvalue weighted by Crippen LogP contribution is -2.52. The summed E-state index contributed by atoms with van der Waals surface area (Å²) in [5.41, 5.74) is 1.05. The molecule has 34 heavy (non-hydrogen) atoms. The molecule has 0 bridgehead atoms. The Balaban J connectivity index is 1.10. The van der Waals surface area contributed by atoms with E-state index in [2.05, 4.69) is 24.8 Å². The molecule has 2 aromatic heterocycles. The molecule has 2 atom stereocenters. The molecule has 5 heterocycles. The minimum absolute atomic E-state index is 0.00529. The number of sulfonamides is 1. The number of piperazine rings is 1. The number of pyridine rings is 1. The summed E-state index contributed by atoms with van der Waals surface area (Å²) in [5.74, 6) is 1.89. The monoisotopic (exact) mass is 484 g/mol.